The molecule has 7 heteroatoms. The van der Waals surface area contributed by atoms with Crippen LogP contribution in [0.2, 0.25) is 0 Å². The van der Waals surface area contributed by atoms with Crippen LogP contribution < -0.4 is 0 Å². The molecule has 1 aliphatic rings. The summed E-state index contributed by atoms with van der Waals surface area (Å²) in [6.45, 7) is 3.65. The lowest BCUT2D eigenvalue weighted by molar-refractivity contribution is -0.360. The Morgan fingerprint density at radius 3 is 2.16 bits per heavy atom. The second-order valence-electron chi connectivity index (χ2n) is 6.25. The number of hydrogen-bond donors (Lipinski definition) is 1. The molecule has 4 atom stereocenters. The molecule has 2 aromatic rings. The predicted molar refractivity (Wildman–Crippen MR) is 82.5 cm³/mol. The highest BCUT2D eigenvalue weighted by Crippen LogP contribution is 2.45. The summed E-state index contributed by atoms with van der Waals surface area (Å²) >= 11 is 0. The monoisotopic (exact) mass is 356 g/mol. The molecule has 25 heavy (non-hydrogen) atoms. The fourth-order valence-corrected chi connectivity index (χ4v) is 3.14. The lowest BCUT2D eigenvalue weighted by Crippen LogP contribution is -2.48. The molecule has 4 nitrogen and oxygen atoms in total. The number of ether oxygens (including phenoxy) is 2. The van der Waals surface area contributed by atoms with E-state index in [9.17, 15) is 18.3 Å². The summed E-state index contributed by atoms with van der Waals surface area (Å²) in [4.78, 5) is 0. The van der Waals surface area contributed by atoms with E-state index < -0.39 is 23.6 Å². The van der Waals surface area contributed by atoms with Crippen molar-refractivity contribution < 1.29 is 32.2 Å². The number of furan rings is 1. The van der Waals surface area contributed by atoms with Gasteiger partial charge in [-0.1, -0.05) is 12.1 Å². The van der Waals surface area contributed by atoms with Gasteiger partial charge in [-0.25, -0.2) is 0 Å². The minimum Gasteiger partial charge on any atom is -0.466 e. The first kappa shape index (κ1) is 18.0. The van der Waals surface area contributed by atoms with Gasteiger partial charge in [0.1, 0.15) is 5.76 Å². The summed E-state index contributed by atoms with van der Waals surface area (Å²) in [5, 5.41) is 10.8. The number of benzene rings is 1. The van der Waals surface area contributed by atoms with Gasteiger partial charge in [-0.15, -0.1) is 0 Å². The standard InChI is InChI=1S/C18H19F3O4/c1-11-10-12(2)25-17(24-11,16(22)15-4-3-9-23-15)13-5-7-14(8-6-13)18(19,20)21/h3-9,11-12,16,22H,10H2,1-2H3/t11-,12+,16?,17?. The van der Waals surface area contributed by atoms with E-state index in [1.165, 1.54) is 18.4 Å². The molecule has 136 valence electrons. The Balaban J connectivity index is 2.05. The summed E-state index contributed by atoms with van der Waals surface area (Å²) < 4.78 is 55.6. The summed E-state index contributed by atoms with van der Waals surface area (Å²) in [7, 11) is 0. The largest absolute Gasteiger partial charge is 0.466 e. The predicted octanol–water partition coefficient (Wildman–Crippen LogP) is 4.40. The van der Waals surface area contributed by atoms with Gasteiger partial charge in [0.25, 0.3) is 0 Å². The smallest absolute Gasteiger partial charge is 0.416 e. The fraction of sp³-hybridized carbons (Fsp3) is 0.444. The normalized spacial score (nSPS) is 28.7. The van der Waals surface area contributed by atoms with Gasteiger partial charge in [0.05, 0.1) is 24.0 Å². The van der Waals surface area contributed by atoms with Crippen molar-refractivity contribution in [2.24, 2.45) is 0 Å². The molecule has 1 aromatic heterocycles. The Morgan fingerprint density at radius 1 is 1.08 bits per heavy atom. The summed E-state index contributed by atoms with van der Waals surface area (Å²) in [6, 6.07) is 7.59. The molecule has 0 amide bonds. The molecule has 0 spiro atoms. The van der Waals surface area contributed by atoms with Gasteiger partial charge in [0.15, 0.2) is 6.10 Å². The molecule has 0 bridgehead atoms. The number of alkyl halides is 3. The van der Waals surface area contributed by atoms with Gasteiger partial charge in [0, 0.05) is 5.56 Å². The van der Waals surface area contributed by atoms with E-state index >= 15 is 0 Å². The van der Waals surface area contributed by atoms with Crippen LogP contribution in [-0.4, -0.2) is 17.3 Å². The van der Waals surface area contributed by atoms with Gasteiger partial charge in [0.2, 0.25) is 5.79 Å². The lowest BCUT2D eigenvalue weighted by atomic mass is 9.94. The maximum absolute atomic E-state index is 12.8. The first-order valence-electron chi connectivity index (χ1n) is 7.97. The van der Waals surface area contributed by atoms with Crippen LogP contribution >= 0.6 is 0 Å². The highest BCUT2D eigenvalue weighted by Gasteiger charge is 2.50. The maximum Gasteiger partial charge on any atom is 0.416 e. The molecular formula is C18H19F3O4. The third-order valence-electron chi connectivity index (χ3n) is 4.20. The topological polar surface area (TPSA) is 51.8 Å². The number of hydrogen-bond acceptors (Lipinski definition) is 4. The highest BCUT2D eigenvalue weighted by atomic mass is 19.4. The van der Waals surface area contributed by atoms with Gasteiger partial charge >= 0.3 is 6.18 Å². The molecule has 0 saturated carbocycles. The Bertz CT molecular complexity index is 684. The molecule has 1 fully saturated rings. The van der Waals surface area contributed by atoms with Gasteiger partial charge in [-0.3, -0.25) is 0 Å². The fourth-order valence-electron chi connectivity index (χ4n) is 3.14. The van der Waals surface area contributed by atoms with E-state index in [1.54, 1.807) is 12.1 Å². The Labute approximate surface area is 143 Å². The van der Waals surface area contributed by atoms with Crippen LogP contribution in [0.15, 0.2) is 47.1 Å². The van der Waals surface area contributed by atoms with Gasteiger partial charge in [-0.05, 0) is 44.5 Å². The minimum absolute atomic E-state index is 0.209. The van der Waals surface area contributed by atoms with E-state index in [-0.39, 0.29) is 18.0 Å². The Hall–Kier alpha value is -1.83. The second kappa shape index (κ2) is 6.48. The average Bonchev–Trinajstić information content (AvgIpc) is 3.06. The summed E-state index contributed by atoms with van der Waals surface area (Å²) in [5.74, 6) is -1.43. The Morgan fingerprint density at radius 2 is 1.68 bits per heavy atom. The lowest BCUT2D eigenvalue weighted by Gasteiger charge is -2.45. The molecule has 2 unspecified atom stereocenters. The maximum atomic E-state index is 12.8. The van der Waals surface area contributed by atoms with Crippen LogP contribution in [-0.2, 0) is 21.4 Å². The molecule has 2 heterocycles. The first-order chi connectivity index (χ1) is 11.7. The van der Waals surface area contributed by atoms with Crippen LogP contribution in [0, 0.1) is 0 Å². The second-order valence-corrected chi connectivity index (χ2v) is 6.25. The van der Waals surface area contributed by atoms with Crippen molar-refractivity contribution in [3.8, 4) is 0 Å². The van der Waals surface area contributed by atoms with E-state index in [0.29, 0.717) is 12.0 Å². The van der Waals surface area contributed by atoms with Crippen molar-refractivity contribution in [1.82, 2.24) is 0 Å². The van der Waals surface area contributed by atoms with Crippen molar-refractivity contribution in [1.29, 1.82) is 0 Å². The number of aliphatic hydroxyl groups is 1. The first-order valence-corrected chi connectivity index (χ1v) is 7.97. The van der Waals surface area contributed by atoms with Crippen LogP contribution in [0.3, 0.4) is 0 Å². The highest BCUT2D eigenvalue weighted by molar-refractivity contribution is 5.30. The van der Waals surface area contributed by atoms with Crippen molar-refractivity contribution in [2.45, 2.75) is 50.5 Å². The zero-order valence-electron chi connectivity index (χ0n) is 13.8. The average molecular weight is 356 g/mol. The van der Waals surface area contributed by atoms with Crippen molar-refractivity contribution in [3.63, 3.8) is 0 Å². The molecule has 1 aromatic carbocycles. The zero-order chi connectivity index (χ0) is 18.2. The third-order valence-corrected chi connectivity index (χ3v) is 4.20. The van der Waals surface area contributed by atoms with Crippen LogP contribution in [0.25, 0.3) is 0 Å². The van der Waals surface area contributed by atoms with Crippen LogP contribution in [0.5, 0.6) is 0 Å². The molecule has 0 radical (unpaired) electrons. The van der Waals surface area contributed by atoms with Crippen LogP contribution in [0.1, 0.15) is 43.3 Å². The molecule has 0 aliphatic carbocycles. The number of halogens is 3. The van der Waals surface area contributed by atoms with E-state index in [1.807, 2.05) is 13.8 Å². The molecule has 1 saturated heterocycles. The molecule has 3 rings (SSSR count). The van der Waals surface area contributed by atoms with Crippen molar-refractivity contribution in [2.75, 3.05) is 0 Å². The minimum atomic E-state index is -4.44. The zero-order valence-corrected chi connectivity index (χ0v) is 13.8. The molecule has 1 aliphatic heterocycles. The van der Waals surface area contributed by atoms with E-state index in [0.717, 1.165) is 12.1 Å². The van der Waals surface area contributed by atoms with Gasteiger partial charge in [-0.2, -0.15) is 13.2 Å². The van der Waals surface area contributed by atoms with Crippen LogP contribution in [0.4, 0.5) is 13.2 Å². The summed E-state index contributed by atoms with van der Waals surface area (Å²) in [5.41, 5.74) is -0.487. The summed E-state index contributed by atoms with van der Waals surface area (Å²) in [6.07, 6.45) is -4.28. The SMILES string of the molecule is C[C@@H]1C[C@H](C)OC(c2ccc(C(F)(F)F)cc2)(C(O)c2ccco2)O1. The van der Waals surface area contributed by atoms with E-state index in [2.05, 4.69) is 0 Å². The quantitative estimate of drug-likeness (QED) is 0.886. The van der Waals surface area contributed by atoms with Crippen molar-refractivity contribution in [3.05, 3.63) is 59.5 Å². The molecular weight excluding hydrogens is 337 g/mol. The van der Waals surface area contributed by atoms with Crippen molar-refractivity contribution >= 4 is 0 Å². The number of rotatable bonds is 3. The van der Waals surface area contributed by atoms with E-state index in [4.69, 9.17) is 13.9 Å². The van der Waals surface area contributed by atoms with Gasteiger partial charge < -0.3 is 19.0 Å². The third kappa shape index (κ3) is 3.44. The number of aliphatic hydroxyl groups excluding tert-OH is 1. The Kier molecular flexibility index (Phi) is 4.66. The molecule has 1 N–H and O–H groups in total.